The maximum Gasteiger partial charge on any atom is 0.308 e. The summed E-state index contributed by atoms with van der Waals surface area (Å²) in [7, 11) is 0. The summed E-state index contributed by atoms with van der Waals surface area (Å²) in [6, 6.07) is 6.67. The first-order chi connectivity index (χ1) is 9.36. The highest BCUT2D eigenvalue weighted by Gasteiger charge is 2.21. The number of Topliss-reactive ketones (excluding diaryl/α,β-unsaturated/α-hetero) is 1. The average Bonchev–Trinajstić information content (AvgIpc) is 2.43. The fourth-order valence-corrected chi connectivity index (χ4v) is 1.79. The summed E-state index contributed by atoms with van der Waals surface area (Å²) in [6.07, 6.45) is 0.274. The lowest BCUT2D eigenvalue weighted by Gasteiger charge is -2.24. The monoisotopic (exact) mass is 277 g/mol. The SMILES string of the molecule is CCC(=O)N(CC(C)C(=O)O)c1cccc(C(C)=O)c1. The van der Waals surface area contributed by atoms with Crippen molar-refractivity contribution in [2.75, 3.05) is 11.4 Å². The number of amides is 1. The molecule has 1 unspecified atom stereocenters. The maximum atomic E-state index is 12.0. The summed E-state index contributed by atoms with van der Waals surface area (Å²) in [5, 5.41) is 8.98. The van der Waals surface area contributed by atoms with Crippen molar-refractivity contribution in [3.05, 3.63) is 29.8 Å². The summed E-state index contributed by atoms with van der Waals surface area (Å²) in [6.45, 7) is 4.80. The minimum absolute atomic E-state index is 0.0867. The minimum Gasteiger partial charge on any atom is -0.481 e. The van der Waals surface area contributed by atoms with Crippen molar-refractivity contribution in [2.24, 2.45) is 5.92 Å². The van der Waals surface area contributed by atoms with Crippen LogP contribution in [0.2, 0.25) is 0 Å². The van der Waals surface area contributed by atoms with Gasteiger partial charge in [0.25, 0.3) is 0 Å². The van der Waals surface area contributed by atoms with Gasteiger partial charge in [-0.25, -0.2) is 0 Å². The Bertz CT molecular complexity index is 524. The number of carbonyl (C=O) groups is 3. The Labute approximate surface area is 118 Å². The van der Waals surface area contributed by atoms with Crippen LogP contribution in [0.3, 0.4) is 0 Å². The molecule has 0 heterocycles. The van der Waals surface area contributed by atoms with Crippen LogP contribution < -0.4 is 4.90 Å². The van der Waals surface area contributed by atoms with Crippen molar-refractivity contribution in [2.45, 2.75) is 27.2 Å². The van der Waals surface area contributed by atoms with Crippen molar-refractivity contribution in [1.82, 2.24) is 0 Å². The zero-order valence-corrected chi connectivity index (χ0v) is 11.9. The fraction of sp³-hybridized carbons (Fsp3) is 0.400. The van der Waals surface area contributed by atoms with Crippen LogP contribution >= 0.6 is 0 Å². The number of hydrogen-bond donors (Lipinski definition) is 1. The molecule has 0 aliphatic carbocycles. The lowest BCUT2D eigenvalue weighted by Crippen LogP contribution is -2.36. The molecule has 5 heteroatoms. The normalized spacial score (nSPS) is 11.8. The molecule has 0 aliphatic heterocycles. The van der Waals surface area contributed by atoms with Gasteiger partial charge in [0.2, 0.25) is 5.91 Å². The Morgan fingerprint density at radius 2 is 1.95 bits per heavy atom. The zero-order chi connectivity index (χ0) is 15.3. The Morgan fingerprint density at radius 3 is 2.45 bits per heavy atom. The van der Waals surface area contributed by atoms with E-state index in [1.54, 1.807) is 38.1 Å². The van der Waals surface area contributed by atoms with Gasteiger partial charge >= 0.3 is 5.97 Å². The summed E-state index contributed by atoms with van der Waals surface area (Å²) in [5.41, 5.74) is 1.05. The first kappa shape index (κ1) is 15.9. The number of carbonyl (C=O) groups excluding carboxylic acids is 2. The first-order valence-electron chi connectivity index (χ1n) is 6.51. The van der Waals surface area contributed by atoms with Gasteiger partial charge in [0.05, 0.1) is 5.92 Å². The molecule has 108 valence electrons. The van der Waals surface area contributed by atoms with Crippen LogP contribution in [0.5, 0.6) is 0 Å². The standard InChI is InChI=1S/C15H19NO4/c1-4-14(18)16(9-10(2)15(19)20)13-7-5-6-12(8-13)11(3)17/h5-8,10H,4,9H2,1-3H3,(H,19,20). The Hall–Kier alpha value is -2.17. The average molecular weight is 277 g/mol. The second kappa shape index (κ2) is 6.84. The molecule has 1 amide bonds. The molecule has 0 fully saturated rings. The van der Waals surface area contributed by atoms with E-state index in [0.717, 1.165) is 0 Å². The number of aliphatic carboxylic acids is 1. The number of benzene rings is 1. The third-order valence-corrected chi connectivity index (χ3v) is 3.05. The van der Waals surface area contributed by atoms with E-state index in [9.17, 15) is 14.4 Å². The molecule has 20 heavy (non-hydrogen) atoms. The highest BCUT2D eigenvalue weighted by molar-refractivity contribution is 5.98. The van der Waals surface area contributed by atoms with E-state index in [2.05, 4.69) is 0 Å². The number of nitrogens with zero attached hydrogens (tertiary/aromatic N) is 1. The molecular weight excluding hydrogens is 258 g/mol. The Morgan fingerprint density at radius 1 is 1.30 bits per heavy atom. The maximum absolute atomic E-state index is 12.0. The van der Waals surface area contributed by atoms with Gasteiger partial charge in [0.15, 0.2) is 5.78 Å². The van der Waals surface area contributed by atoms with Crippen LogP contribution in [0.1, 0.15) is 37.6 Å². The van der Waals surface area contributed by atoms with E-state index >= 15 is 0 Å². The molecule has 5 nitrogen and oxygen atoms in total. The molecular formula is C15H19NO4. The van der Waals surface area contributed by atoms with Gasteiger partial charge in [-0.15, -0.1) is 0 Å². The van der Waals surface area contributed by atoms with Crippen molar-refractivity contribution in [1.29, 1.82) is 0 Å². The lowest BCUT2D eigenvalue weighted by molar-refractivity contribution is -0.140. The second-order valence-electron chi connectivity index (χ2n) is 4.70. The van der Waals surface area contributed by atoms with Crippen molar-refractivity contribution < 1.29 is 19.5 Å². The molecule has 0 spiro atoms. The molecule has 1 aromatic rings. The number of hydrogen-bond acceptors (Lipinski definition) is 3. The molecule has 1 atom stereocenters. The van der Waals surface area contributed by atoms with Gasteiger partial charge in [-0.2, -0.15) is 0 Å². The van der Waals surface area contributed by atoms with Crippen LogP contribution in [-0.2, 0) is 9.59 Å². The smallest absolute Gasteiger partial charge is 0.308 e. The highest BCUT2D eigenvalue weighted by atomic mass is 16.4. The third-order valence-electron chi connectivity index (χ3n) is 3.05. The summed E-state index contributed by atoms with van der Waals surface area (Å²) < 4.78 is 0. The predicted octanol–water partition coefficient (Wildman–Crippen LogP) is 2.35. The van der Waals surface area contributed by atoms with Gasteiger partial charge < -0.3 is 10.0 Å². The van der Waals surface area contributed by atoms with Crippen LogP contribution in [0.25, 0.3) is 0 Å². The van der Waals surface area contributed by atoms with E-state index in [-0.39, 0.29) is 24.7 Å². The number of carboxylic acid groups (broad SMARTS) is 1. The summed E-state index contributed by atoms with van der Waals surface area (Å²) in [5.74, 6) is -1.89. The second-order valence-corrected chi connectivity index (χ2v) is 4.70. The Kier molecular flexibility index (Phi) is 5.43. The Balaban J connectivity index is 3.10. The molecule has 1 N–H and O–H groups in total. The van der Waals surface area contributed by atoms with Crippen molar-refractivity contribution in [3.63, 3.8) is 0 Å². The largest absolute Gasteiger partial charge is 0.481 e. The van der Waals surface area contributed by atoms with E-state index < -0.39 is 11.9 Å². The van der Waals surface area contributed by atoms with E-state index in [1.807, 2.05) is 0 Å². The molecule has 0 radical (unpaired) electrons. The number of anilines is 1. The van der Waals surface area contributed by atoms with Gasteiger partial charge in [-0.05, 0) is 19.1 Å². The minimum atomic E-state index is -0.957. The third kappa shape index (κ3) is 3.91. The lowest BCUT2D eigenvalue weighted by atomic mass is 10.1. The van der Waals surface area contributed by atoms with Gasteiger partial charge in [0.1, 0.15) is 0 Å². The fourth-order valence-electron chi connectivity index (χ4n) is 1.79. The van der Waals surface area contributed by atoms with Crippen molar-refractivity contribution in [3.8, 4) is 0 Å². The predicted molar refractivity (Wildman–Crippen MR) is 75.9 cm³/mol. The summed E-state index contributed by atoms with van der Waals surface area (Å²) >= 11 is 0. The quantitative estimate of drug-likeness (QED) is 0.810. The zero-order valence-electron chi connectivity index (χ0n) is 11.9. The molecule has 0 saturated carbocycles. The molecule has 0 aromatic heterocycles. The molecule has 1 aromatic carbocycles. The van der Waals surface area contributed by atoms with E-state index in [1.165, 1.54) is 11.8 Å². The number of ketones is 1. The van der Waals surface area contributed by atoms with Crippen molar-refractivity contribution >= 4 is 23.3 Å². The molecule has 0 bridgehead atoms. The summed E-state index contributed by atoms with van der Waals surface area (Å²) in [4.78, 5) is 35.8. The molecule has 1 rings (SSSR count). The number of carboxylic acids is 1. The highest BCUT2D eigenvalue weighted by Crippen LogP contribution is 2.19. The topological polar surface area (TPSA) is 74.7 Å². The molecule has 0 saturated heterocycles. The molecule has 0 aliphatic rings. The first-order valence-corrected chi connectivity index (χ1v) is 6.51. The van der Waals surface area contributed by atoms with E-state index in [4.69, 9.17) is 5.11 Å². The van der Waals surface area contributed by atoms with Crippen LogP contribution in [0.15, 0.2) is 24.3 Å². The van der Waals surface area contributed by atoms with Crippen LogP contribution in [-0.4, -0.2) is 29.3 Å². The van der Waals surface area contributed by atoms with Crippen LogP contribution in [0, 0.1) is 5.92 Å². The van der Waals surface area contributed by atoms with Crippen LogP contribution in [0.4, 0.5) is 5.69 Å². The van der Waals surface area contributed by atoms with Gasteiger partial charge in [0, 0.05) is 24.2 Å². The van der Waals surface area contributed by atoms with Gasteiger partial charge in [-0.1, -0.05) is 26.0 Å². The van der Waals surface area contributed by atoms with Gasteiger partial charge in [-0.3, -0.25) is 14.4 Å². The number of rotatable bonds is 6. The van der Waals surface area contributed by atoms with E-state index in [0.29, 0.717) is 11.3 Å².